The summed E-state index contributed by atoms with van der Waals surface area (Å²) in [5.74, 6) is 1.66. The summed E-state index contributed by atoms with van der Waals surface area (Å²) in [6.45, 7) is 1.87. The van der Waals surface area contributed by atoms with Crippen LogP contribution in [-0.4, -0.2) is 22.1 Å². The summed E-state index contributed by atoms with van der Waals surface area (Å²) in [5.41, 5.74) is 5.65. The van der Waals surface area contributed by atoms with E-state index in [1.165, 1.54) is 0 Å². The fourth-order valence-electron chi connectivity index (χ4n) is 1.11. The summed E-state index contributed by atoms with van der Waals surface area (Å²) in [5, 5.41) is 3.23. The zero-order valence-electron chi connectivity index (χ0n) is 6.99. The van der Waals surface area contributed by atoms with Crippen molar-refractivity contribution in [2.45, 2.75) is 25.4 Å². The molecule has 0 aliphatic heterocycles. The third-order valence-electron chi connectivity index (χ3n) is 1.95. The molecule has 4 nitrogen and oxygen atoms in total. The Kier molecular flexibility index (Phi) is 1.69. The van der Waals surface area contributed by atoms with Gasteiger partial charge in [-0.1, -0.05) is 0 Å². The van der Waals surface area contributed by atoms with Crippen LogP contribution in [0.2, 0.25) is 0 Å². The average Bonchev–Trinajstić information content (AvgIpc) is 2.66. The van der Waals surface area contributed by atoms with Gasteiger partial charge in [0.05, 0.1) is 0 Å². The van der Waals surface area contributed by atoms with Gasteiger partial charge in [-0.2, -0.15) is 0 Å². The number of nitrogens with zero attached hydrogens (tertiary/aromatic N) is 2. The van der Waals surface area contributed by atoms with Crippen LogP contribution in [0.25, 0.3) is 0 Å². The smallest absolute Gasteiger partial charge is 0.129 e. The maximum absolute atomic E-state index is 5.65. The Labute approximate surface area is 71.2 Å². The Hall–Kier alpha value is -1.16. The maximum atomic E-state index is 5.65. The van der Waals surface area contributed by atoms with Crippen LogP contribution in [-0.2, 0) is 0 Å². The Balaban J connectivity index is 2.03. The van der Waals surface area contributed by atoms with E-state index in [9.17, 15) is 0 Å². The molecule has 1 saturated carbocycles. The second-order valence-electron chi connectivity index (χ2n) is 3.14. The van der Waals surface area contributed by atoms with Gasteiger partial charge in [0.1, 0.15) is 11.6 Å². The fourth-order valence-corrected chi connectivity index (χ4v) is 1.11. The molecule has 2 atom stereocenters. The van der Waals surface area contributed by atoms with Crippen LogP contribution in [0.5, 0.6) is 0 Å². The van der Waals surface area contributed by atoms with Crippen molar-refractivity contribution in [3.05, 3.63) is 18.1 Å². The zero-order valence-corrected chi connectivity index (χ0v) is 6.99. The summed E-state index contributed by atoms with van der Waals surface area (Å²) in [6.07, 6.45) is 2.79. The van der Waals surface area contributed by atoms with Gasteiger partial charge < -0.3 is 11.1 Å². The number of aryl methyl sites for hydroxylation is 1. The van der Waals surface area contributed by atoms with Gasteiger partial charge in [-0.3, -0.25) is 0 Å². The maximum Gasteiger partial charge on any atom is 0.129 e. The molecule has 1 aromatic heterocycles. The van der Waals surface area contributed by atoms with Crippen LogP contribution in [0.15, 0.2) is 12.3 Å². The fraction of sp³-hybridized carbons (Fsp3) is 0.500. The SMILES string of the molecule is Cc1nccc(NC2CC2N)n1. The second kappa shape index (κ2) is 2.71. The molecule has 1 aliphatic carbocycles. The molecule has 64 valence electrons. The highest BCUT2D eigenvalue weighted by molar-refractivity contribution is 5.37. The number of aromatic nitrogens is 2. The van der Waals surface area contributed by atoms with E-state index >= 15 is 0 Å². The number of nitrogens with two attached hydrogens (primary N) is 1. The third kappa shape index (κ3) is 1.53. The van der Waals surface area contributed by atoms with Crippen LogP contribution in [0, 0.1) is 6.92 Å². The minimum absolute atomic E-state index is 0.306. The van der Waals surface area contributed by atoms with E-state index in [2.05, 4.69) is 15.3 Å². The summed E-state index contributed by atoms with van der Waals surface area (Å²) >= 11 is 0. The standard InChI is InChI=1S/C8H12N4/c1-5-10-3-2-8(11-5)12-7-4-6(7)9/h2-3,6-7H,4,9H2,1H3,(H,10,11,12). The second-order valence-corrected chi connectivity index (χ2v) is 3.14. The molecular formula is C8H12N4. The molecule has 0 amide bonds. The van der Waals surface area contributed by atoms with Crippen LogP contribution in [0.4, 0.5) is 5.82 Å². The topological polar surface area (TPSA) is 63.8 Å². The minimum atomic E-state index is 0.306. The van der Waals surface area contributed by atoms with Crippen molar-refractivity contribution in [3.63, 3.8) is 0 Å². The third-order valence-corrected chi connectivity index (χ3v) is 1.95. The van der Waals surface area contributed by atoms with Crippen molar-refractivity contribution in [1.82, 2.24) is 9.97 Å². The first-order chi connectivity index (χ1) is 5.75. The summed E-state index contributed by atoms with van der Waals surface area (Å²) < 4.78 is 0. The van der Waals surface area contributed by atoms with Crippen molar-refractivity contribution < 1.29 is 0 Å². The predicted molar refractivity (Wildman–Crippen MR) is 46.8 cm³/mol. The lowest BCUT2D eigenvalue weighted by molar-refractivity contribution is 0.976. The number of rotatable bonds is 2. The zero-order chi connectivity index (χ0) is 8.55. The Bertz CT molecular complexity index is 286. The van der Waals surface area contributed by atoms with Crippen LogP contribution < -0.4 is 11.1 Å². The number of nitrogens with one attached hydrogen (secondary N) is 1. The highest BCUT2D eigenvalue weighted by atomic mass is 15.1. The van der Waals surface area contributed by atoms with Crippen LogP contribution >= 0.6 is 0 Å². The van der Waals surface area contributed by atoms with E-state index in [-0.39, 0.29) is 0 Å². The van der Waals surface area contributed by atoms with Crippen molar-refractivity contribution >= 4 is 5.82 Å². The molecule has 0 spiro atoms. The van der Waals surface area contributed by atoms with Crippen molar-refractivity contribution in [3.8, 4) is 0 Å². The number of anilines is 1. The van der Waals surface area contributed by atoms with Crippen molar-refractivity contribution in [1.29, 1.82) is 0 Å². The molecule has 0 radical (unpaired) electrons. The van der Waals surface area contributed by atoms with Crippen molar-refractivity contribution in [2.75, 3.05) is 5.32 Å². The molecule has 1 aliphatic rings. The Morgan fingerprint density at radius 2 is 2.42 bits per heavy atom. The molecule has 2 unspecified atom stereocenters. The molecule has 1 heterocycles. The van der Waals surface area contributed by atoms with E-state index in [0.29, 0.717) is 12.1 Å². The highest BCUT2D eigenvalue weighted by Gasteiger charge is 2.33. The van der Waals surface area contributed by atoms with E-state index in [1.54, 1.807) is 6.20 Å². The van der Waals surface area contributed by atoms with Gasteiger partial charge >= 0.3 is 0 Å². The van der Waals surface area contributed by atoms with E-state index in [4.69, 9.17) is 5.73 Å². The summed E-state index contributed by atoms with van der Waals surface area (Å²) in [7, 11) is 0. The van der Waals surface area contributed by atoms with Gasteiger partial charge in [0, 0.05) is 18.3 Å². The molecule has 1 fully saturated rings. The molecule has 0 saturated heterocycles. The van der Waals surface area contributed by atoms with Gasteiger partial charge in [-0.25, -0.2) is 9.97 Å². The summed E-state index contributed by atoms with van der Waals surface area (Å²) in [4.78, 5) is 8.21. The van der Waals surface area contributed by atoms with Gasteiger partial charge in [0.15, 0.2) is 0 Å². The van der Waals surface area contributed by atoms with Gasteiger partial charge in [-0.05, 0) is 19.4 Å². The quantitative estimate of drug-likeness (QED) is 0.659. The molecule has 12 heavy (non-hydrogen) atoms. The lowest BCUT2D eigenvalue weighted by Crippen LogP contribution is -2.14. The highest BCUT2D eigenvalue weighted by Crippen LogP contribution is 2.22. The van der Waals surface area contributed by atoms with Gasteiger partial charge in [-0.15, -0.1) is 0 Å². The Morgan fingerprint density at radius 1 is 1.67 bits per heavy atom. The molecule has 4 heteroatoms. The first-order valence-electron chi connectivity index (χ1n) is 4.07. The Morgan fingerprint density at radius 3 is 3.00 bits per heavy atom. The molecule has 0 aromatic carbocycles. The first-order valence-corrected chi connectivity index (χ1v) is 4.07. The van der Waals surface area contributed by atoms with Gasteiger partial charge in [0.2, 0.25) is 0 Å². The normalized spacial score (nSPS) is 26.8. The monoisotopic (exact) mass is 164 g/mol. The summed E-state index contributed by atoms with van der Waals surface area (Å²) in [6, 6.07) is 2.58. The number of hydrogen-bond donors (Lipinski definition) is 2. The molecule has 0 bridgehead atoms. The van der Waals surface area contributed by atoms with Gasteiger partial charge in [0.25, 0.3) is 0 Å². The van der Waals surface area contributed by atoms with Crippen LogP contribution in [0.1, 0.15) is 12.2 Å². The average molecular weight is 164 g/mol. The lowest BCUT2D eigenvalue weighted by Gasteiger charge is -2.02. The molecule has 1 aromatic rings. The number of hydrogen-bond acceptors (Lipinski definition) is 4. The molecule has 3 N–H and O–H groups in total. The van der Waals surface area contributed by atoms with E-state index < -0.39 is 0 Å². The predicted octanol–water partition coefficient (Wildman–Crippen LogP) is 0.297. The molecular weight excluding hydrogens is 152 g/mol. The van der Waals surface area contributed by atoms with Crippen molar-refractivity contribution in [2.24, 2.45) is 5.73 Å². The lowest BCUT2D eigenvalue weighted by atomic mass is 10.5. The van der Waals surface area contributed by atoms with Crippen LogP contribution in [0.3, 0.4) is 0 Å². The van der Waals surface area contributed by atoms with E-state index in [0.717, 1.165) is 18.1 Å². The molecule has 2 rings (SSSR count). The van der Waals surface area contributed by atoms with E-state index in [1.807, 2.05) is 13.0 Å². The first kappa shape index (κ1) is 7.49. The minimum Gasteiger partial charge on any atom is -0.366 e. The largest absolute Gasteiger partial charge is 0.366 e.